The van der Waals surface area contributed by atoms with Crippen LogP contribution in [0.4, 0.5) is 5.82 Å². The molecule has 1 aromatic heterocycles. The highest BCUT2D eigenvalue weighted by atomic mass is 79.9. The summed E-state index contributed by atoms with van der Waals surface area (Å²) in [6.45, 7) is 0. The van der Waals surface area contributed by atoms with Crippen LogP contribution in [0.5, 0.6) is 0 Å². The van der Waals surface area contributed by atoms with Gasteiger partial charge in [0.1, 0.15) is 11.9 Å². The van der Waals surface area contributed by atoms with E-state index in [0.717, 1.165) is 10.0 Å². The van der Waals surface area contributed by atoms with Gasteiger partial charge in [-0.3, -0.25) is 0 Å². The molecular weight excluding hydrogens is 268 g/mol. The SMILES string of the molecule is Nc1ncccc1C(O)c1ccccc1Br. The minimum Gasteiger partial charge on any atom is -0.383 e. The smallest absolute Gasteiger partial charge is 0.129 e. The molecule has 0 spiro atoms. The lowest BCUT2D eigenvalue weighted by Gasteiger charge is -2.14. The van der Waals surface area contributed by atoms with E-state index < -0.39 is 6.10 Å². The third kappa shape index (κ3) is 2.08. The van der Waals surface area contributed by atoms with Gasteiger partial charge in [-0.25, -0.2) is 4.98 Å². The quantitative estimate of drug-likeness (QED) is 0.888. The third-order valence-corrected chi connectivity index (χ3v) is 3.09. The monoisotopic (exact) mass is 278 g/mol. The van der Waals surface area contributed by atoms with Gasteiger partial charge in [-0.05, 0) is 17.7 Å². The molecule has 0 saturated carbocycles. The first-order chi connectivity index (χ1) is 7.70. The first-order valence-corrected chi connectivity index (χ1v) is 5.62. The summed E-state index contributed by atoms with van der Waals surface area (Å²) < 4.78 is 0.853. The number of nitrogens with two attached hydrogens (primary N) is 1. The van der Waals surface area contributed by atoms with Crippen LogP contribution in [0.3, 0.4) is 0 Å². The van der Waals surface area contributed by atoms with Crippen molar-refractivity contribution >= 4 is 21.7 Å². The highest BCUT2D eigenvalue weighted by molar-refractivity contribution is 9.10. The van der Waals surface area contributed by atoms with Gasteiger partial charge >= 0.3 is 0 Å². The van der Waals surface area contributed by atoms with Crippen LogP contribution in [0.2, 0.25) is 0 Å². The number of halogens is 1. The van der Waals surface area contributed by atoms with E-state index in [0.29, 0.717) is 11.4 Å². The number of hydrogen-bond donors (Lipinski definition) is 2. The van der Waals surface area contributed by atoms with E-state index in [1.807, 2.05) is 24.3 Å². The summed E-state index contributed by atoms with van der Waals surface area (Å²) in [4.78, 5) is 3.96. The molecule has 0 amide bonds. The molecule has 0 saturated heterocycles. The molecule has 0 aliphatic rings. The van der Waals surface area contributed by atoms with E-state index in [4.69, 9.17) is 5.73 Å². The molecule has 1 unspecified atom stereocenters. The highest BCUT2D eigenvalue weighted by Crippen LogP contribution is 2.30. The second-order valence-corrected chi connectivity index (χ2v) is 4.26. The van der Waals surface area contributed by atoms with Crippen molar-refractivity contribution in [2.45, 2.75) is 6.10 Å². The summed E-state index contributed by atoms with van der Waals surface area (Å²) in [6.07, 6.45) is 0.843. The fraction of sp³-hybridized carbons (Fsp3) is 0.0833. The number of nitrogen functional groups attached to an aromatic ring is 1. The van der Waals surface area contributed by atoms with Crippen molar-refractivity contribution in [1.82, 2.24) is 4.98 Å². The predicted molar refractivity (Wildman–Crippen MR) is 66.9 cm³/mol. The number of anilines is 1. The molecule has 3 nitrogen and oxygen atoms in total. The fourth-order valence-electron chi connectivity index (χ4n) is 1.53. The second-order valence-electron chi connectivity index (χ2n) is 3.40. The first-order valence-electron chi connectivity index (χ1n) is 4.83. The maximum absolute atomic E-state index is 10.2. The average molecular weight is 279 g/mol. The zero-order valence-corrected chi connectivity index (χ0v) is 10.1. The van der Waals surface area contributed by atoms with Crippen LogP contribution in [0, 0.1) is 0 Å². The predicted octanol–water partition coefficient (Wildman–Crippen LogP) is 2.51. The van der Waals surface area contributed by atoms with Gasteiger partial charge in [0, 0.05) is 16.2 Å². The van der Waals surface area contributed by atoms with E-state index in [1.54, 1.807) is 18.3 Å². The van der Waals surface area contributed by atoms with Crippen molar-refractivity contribution in [2.75, 3.05) is 5.73 Å². The lowest BCUT2D eigenvalue weighted by molar-refractivity contribution is 0.220. The molecule has 3 N–H and O–H groups in total. The maximum atomic E-state index is 10.2. The lowest BCUT2D eigenvalue weighted by atomic mass is 10.0. The van der Waals surface area contributed by atoms with E-state index in [-0.39, 0.29) is 0 Å². The Balaban J connectivity index is 2.44. The molecule has 4 heteroatoms. The van der Waals surface area contributed by atoms with Crippen molar-refractivity contribution in [2.24, 2.45) is 0 Å². The Morgan fingerprint density at radius 3 is 2.50 bits per heavy atom. The minimum atomic E-state index is -0.760. The minimum absolute atomic E-state index is 0.353. The summed E-state index contributed by atoms with van der Waals surface area (Å²) in [5.74, 6) is 0.353. The summed E-state index contributed by atoms with van der Waals surface area (Å²) in [6, 6.07) is 11.0. The van der Waals surface area contributed by atoms with E-state index >= 15 is 0 Å². The third-order valence-electron chi connectivity index (χ3n) is 2.37. The number of rotatable bonds is 2. The standard InChI is InChI=1S/C12H11BrN2O/c13-10-6-2-1-4-8(10)11(16)9-5-3-7-15-12(9)14/h1-7,11,16H,(H2,14,15). The fourth-order valence-corrected chi connectivity index (χ4v) is 2.03. The van der Waals surface area contributed by atoms with Crippen molar-refractivity contribution in [1.29, 1.82) is 0 Å². The number of pyridine rings is 1. The Morgan fingerprint density at radius 2 is 1.81 bits per heavy atom. The van der Waals surface area contributed by atoms with Gasteiger partial charge in [-0.1, -0.05) is 40.2 Å². The Kier molecular flexibility index (Phi) is 3.22. The number of benzene rings is 1. The zero-order valence-electron chi connectivity index (χ0n) is 8.47. The second kappa shape index (κ2) is 4.63. The van der Waals surface area contributed by atoms with Crippen LogP contribution in [0.15, 0.2) is 47.1 Å². The first kappa shape index (κ1) is 11.1. The average Bonchev–Trinajstić information content (AvgIpc) is 2.29. The van der Waals surface area contributed by atoms with Crippen molar-refractivity contribution in [3.05, 3.63) is 58.2 Å². The molecule has 0 bridgehead atoms. The van der Waals surface area contributed by atoms with Crippen LogP contribution in [0.1, 0.15) is 17.2 Å². The maximum Gasteiger partial charge on any atom is 0.129 e. The molecule has 2 aromatic rings. The molecule has 2 rings (SSSR count). The molecule has 1 aromatic carbocycles. The Morgan fingerprint density at radius 1 is 1.12 bits per heavy atom. The molecular formula is C12H11BrN2O. The highest BCUT2D eigenvalue weighted by Gasteiger charge is 2.15. The Bertz CT molecular complexity index is 456. The molecule has 0 aliphatic heterocycles. The topological polar surface area (TPSA) is 59.1 Å². The number of nitrogens with zero attached hydrogens (tertiary/aromatic N) is 1. The molecule has 16 heavy (non-hydrogen) atoms. The largest absolute Gasteiger partial charge is 0.383 e. The summed E-state index contributed by atoms with van der Waals surface area (Å²) in [5, 5.41) is 10.2. The van der Waals surface area contributed by atoms with Gasteiger partial charge in [0.15, 0.2) is 0 Å². The molecule has 82 valence electrons. The van der Waals surface area contributed by atoms with Crippen LogP contribution in [0.25, 0.3) is 0 Å². The van der Waals surface area contributed by atoms with Crippen molar-refractivity contribution < 1.29 is 5.11 Å². The van der Waals surface area contributed by atoms with Crippen LogP contribution < -0.4 is 5.73 Å². The van der Waals surface area contributed by atoms with Crippen LogP contribution in [-0.2, 0) is 0 Å². The molecule has 1 atom stereocenters. The van der Waals surface area contributed by atoms with Gasteiger partial charge in [0.05, 0.1) is 0 Å². The molecule has 0 aliphatic carbocycles. The Hall–Kier alpha value is -1.39. The van der Waals surface area contributed by atoms with Crippen molar-refractivity contribution in [3.63, 3.8) is 0 Å². The van der Waals surface area contributed by atoms with Gasteiger partial charge < -0.3 is 10.8 Å². The normalized spacial score (nSPS) is 12.4. The summed E-state index contributed by atoms with van der Waals surface area (Å²) in [7, 11) is 0. The van der Waals surface area contributed by atoms with Gasteiger partial charge in [-0.2, -0.15) is 0 Å². The number of hydrogen-bond acceptors (Lipinski definition) is 3. The number of aromatic nitrogens is 1. The lowest BCUT2D eigenvalue weighted by Crippen LogP contribution is -2.05. The Labute approximate surface area is 102 Å². The van der Waals surface area contributed by atoms with Gasteiger partial charge in [0.2, 0.25) is 0 Å². The van der Waals surface area contributed by atoms with E-state index in [2.05, 4.69) is 20.9 Å². The van der Waals surface area contributed by atoms with E-state index in [9.17, 15) is 5.11 Å². The summed E-state index contributed by atoms with van der Waals surface area (Å²) >= 11 is 3.40. The van der Waals surface area contributed by atoms with Crippen LogP contribution in [-0.4, -0.2) is 10.1 Å². The zero-order chi connectivity index (χ0) is 11.5. The molecule has 1 heterocycles. The van der Waals surface area contributed by atoms with Gasteiger partial charge in [-0.15, -0.1) is 0 Å². The van der Waals surface area contributed by atoms with E-state index in [1.165, 1.54) is 0 Å². The molecule has 0 fully saturated rings. The van der Waals surface area contributed by atoms with Crippen molar-refractivity contribution in [3.8, 4) is 0 Å². The molecule has 0 radical (unpaired) electrons. The summed E-state index contributed by atoms with van der Waals surface area (Å²) in [5.41, 5.74) is 7.12. The number of aliphatic hydroxyl groups excluding tert-OH is 1. The number of aliphatic hydroxyl groups is 1. The van der Waals surface area contributed by atoms with Gasteiger partial charge in [0.25, 0.3) is 0 Å². The van der Waals surface area contributed by atoms with Crippen LogP contribution >= 0.6 is 15.9 Å².